The lowest BCUT2D eigenvalue weighted by Gasteiger charge is -2.19. The van der Waals surface area contributed by atoms with Crippen LogP contribution in [0.5, 0.6) is 0 Å². The molecular weight excluding hydrogens is 260 g/mol. The first-order chi connectivity index (χ1) is 9.11. The number of aliphatic hydroxyl groups is 1. The molecule has 0 radical (unpaired) electrons. The molecule has 1 heterocycles. The SMILES string of the molecule is CC(=O)C(NC(=O)Cn1cc(C(C)(C)O)nn1)C(C)C. The highest BCUT2D eigenvalue weighted by molar-refractivity contribution is 5.87. The van der Waals surface area contributed by atoms with Gasteiger partial charge in [0, 0.05) is 0 Å². The molecule has 0 aliphatic carbocycles. The zero-order valence-electron chi connectivity index (χ0n) is 12.5. The quantitative estimate of drug-likeness (QED) is 0.778. The molecule has 20 heavy (non-hydrogen) atoms. The molecular formula is C13H22N4O3. The van der Waals surface area contributed by atoms with Crippen LogP contribution >= 0.6 is 0 Å². The van der Waals surface area contributed by atoms with Gasteiger partial charge in [0.15, 0.2) is 5.78 Å². The highest BCUT2D eigenvalue weighted by Gasteiger charge is 2.23. The highest BCUT2D eigenvalue weighted by atomic mass is 16.3. The van der Waals surface area contributed by atoms with Gasteiger partial charge in [-0.15, -0.1) is 5.10 Å². The number of ketones is 1. The molecule has 0 saturated carbocycles. The lowest BCUT2D eigenvalue weighted by atomic mass is 10.0. The minimum absolute atomic E-state index is 0.0270. The molecule has 1 unspecified atom stereocenters. The van der Waals surface area contributed by atoms with Crippen LogP contribution in [-0.4, -0.2) is 37.8 Å². The summed E-state index contributed by atoms with van der Waals surface area (Å²) in [6.07, 6.45) is 1.51. The van der Waals surface area contributed by atoms with Crippen LogP contribution in [-0.2, 0) is 21.7 Å². The number of aromatic nitrogens is 3. The fourth-order valence-electron chi connectivity index (χ4n) is 1.76. The summed E-state index contributed by atoms with van der Waals surface area (Å²) in [6.45, 7) is 8.33. The van der Waals surface area contributed by atoms with Crippen LogP contribution in [0.4, 0.5) is 0 Å². The fraction of sp³-hybridized carbons (Fsp3) is 0.692. The monoisotopic (exact) mass is 282 g/mol. The Morgan fingerprint density at radius 1 is 1.45 bits per heavy atom. The van der Waals surface area contributed by atoms with E-state index in [4.69, 9.17) is 0 Å². The van der Waals surface area contributed by atoms with E-state index in [0.717, 1.165) is 0 Å². The van der Waals surface area contributed by atoms with E-state index >= 15 is 0 Å². The van der Waals surface area contributed by atoms with Crippen molar-refractivity contribution in [2.24, 2.45) is 5.92 Å². The summed E-state index contributed by atoms with van der Waals surface area (Å²) in [4.78, 5) is 23.3. The van der Waals surface area contributed by atoms with E-state index < -0.39 is 11.6 Å². The lowest BCUT2D eigenvalue weighted by Crippen LogP contribution is -2.44. The van der Waals surface area contributed by atoms with Gasteiger partial charge in [-0.1, -0.05) is 19.1 Å². The molecule has 0 saturated heterocycles. The zero-order valence-corrected chi connectivity index (χ0v) is 12.5. The summed E-state index contributed by atoms with van der Waals surface area (Å²) < 4.78 is 1.33. The van der Waals surface area contributed by atoms with Crippen LogP contribution < -0.4 is 5.32 Å². The number of carbonyl (C=O) groups is 2. The number of carbonyl (C=O) groups excluding carboxylic acids is 2. The smallest absolute Gasteiger partial charge is 0.242 e. The molecule has 0 aliphatic rings. The topological polar surface area (TPSA) is 97.1 Å². The molecule has 1 aromatic heterocycles. The second-order valence-corrected chi connectivity index (χ2v) is 5.76. The summed E-state index contributed by atoms with van der Waals surface area (Å²) in [5, 5.41) is 20.0. The third kappa shape index (κ3) is 4.41. The maximum atomic E-state index is 11.9. The van der Waals surface area contributed by atoms with E-state index in [1.165, 1.54) is 17.8 Å². The summed E-state index contributed by atoms with van der Waals surface area (Å²) in [5.41, 5.74) is -0.716. The Labute approximate surface area is 118 Å². The Bertz CT molecular complexity index is 488. The van der Waals surface area contributed by atoms with Crippen LogP contribution in [0.25, 0.3) is 0 Å². The Morgan fingerprint density at radius 2 is 2.05 bits per heavy atom. The zero-order chi connectivity index (χ0) is 15.5. The van der Waals surface area contributed by atoms with Crippen LogP contribution in [0.2, 0.25) is 0 Å². The first kappa shape index (κ1) is 16.3. The van der Waals surface area contributed by atoms with E-state index in [9.17, 15) is 14.7 Å². The summed E-state index contributed by atoms with van der Waals surface area (Å²) in [7, 11) is 0. The predicted octanol–water partition coefficient (Wildman–Crippen LogP) is 0.235. The predicted molar refractivity (Wildman–Crippen MR) is 72.7 cm³/mol. The van der Waals surface area contributed by atoms with Crippen molar-refractivity contribution in [1.29, 1.82) is 0 Å². The second-order valence-electron chi connectivity index (χ2n) is 5.76. The van der Waals surface area contributed by atoms with Crippen molar-refractivity contribution >= 4 is 11.7 Å². The molecule has 1 aromatic rings. The molecule has 112 valence electrons. The largest absolute Gasteiger partial charge is 0.384 e. The highest BCUT2D eigenvalue weighted by Crippen LogP contribution is 2.15. The second kappa shape index (κ2) is 6.13. The van der Waals surface area contributed by atoms with E-state index in [1.54, 1.807) is 13.8 Å². The number of nitrogens with one attached hydrogen (secondary N) is 1. The third-order valence-corrected chi connectivity index (χ3v) is 2.89. The van der Waals surface area contributed by atoms with Crippen molar-refractivity contribution in [2.75, 3.05) is 0 Å². The van der Waals surface area contributed by atoms with Gasteiger partial charge in [0.1, 0.15) is 17.8 Å². The van der Waals surface area contributed by atoms with Gasteiger partial charge in [0.25, 0.3) is 0 Å². The van der Waals surface area contributed by atoms with Gasteiger partial charge in [-0.25, -0.2) is 4.68 Å². The van der Waals surface area contributed by atoms with E-state index in [1.807, 2.05) is 13.8 Å². The molecule has 0 fully saturated rings. The number of rotatable bonds is 6. The van der Waals surface area contributed by atoms with Gasteiger partial charge in [0.05, 0.1) is 12.2 Å². The van der Waals surface area contributed by atoms with Crippen LogP contribution in [0.15, 0.2) is 6.20 Å². The first-order valence-electron chi connectivity index (χ1n) is 6.54. The number of hydrogen-bond acceptors (Lipinski definition) is 5. The van der Waals surface area contributed by atoms with Crippen LogP contribution in [0.1, 0.15) is 40.3 Å². The maximum absolute atomic E-state index is 11.9. The number of Topliss-reactive ketones (excluding diaryl/α,β-unsaturated/α-hetero) is 1. The fourth-order valence-corrected chi connectivity index (χ4v) is 1.76. The molecule has 0 aromatic carbocycles. The molecule has 7 heteroatoms. The molecule has 0 bridgehead atoms. The Kier molecular flexibility index (Phi) is 4.99. The molecule has 2 N–H and O–H groups in total. The lowest BCUT2D eigenvalue weighted by molar-refractivity contribution is -0.128. The Morgan fingerprint density at radius 3 is 2.45 bits per heavy atom. The van der Waals surface area contributed by atoms with Crippen molar-refractivity contribution in [1.82, 2.24) is 20.3 Å². The maximum Gasteiger partial charge on any atom is 0.242 e. The van der Waals surface area contributed by atoms with E-state index in [2.05, 4.69) is 15.6 Å². The van der Waals surface area contributed by atoms with Crippen molar-refractivity contribution in [3.8, 4) is 0 Å². The standard InChI is InChI=1S/C13H22N4O3/c1-8(2)12(9(3)18)14-11(19)7-17-6-10(15-16-17)13(4,5)20/h6,8,12,20H,7H2,1-5H3,(H,14,19). The number of amides is 1. The molecule has 1 rings (SSSR count). The Hall–Kier alpha value is -1.76. The average molecular weight is 282 g/mol. The third-order valence-electron chi connectivity index (χ3n) is 2.89. The summed E-state index contributed by atoms with van der Waals surface area (Å²) in [6, 6.07) is -0.500. The molecule has 1 amide bonds. The van der Waals surface area contributed by atoms with Gasteiger partial charge < -0.3 is 10.4 Å². The van der Waals surface area contributed by atoms with Gasteiger partial charge in [-0.3, -0.25) is 9.59 Å². The normalized spacial score (nSPS) is 13.3. The summed E-state index contributed by atoms with van der Waals surface area (Å²) >= 11 is 0. The Balaban J connectivity index is 2.67. The average Bonchev–Trinajstić information content (AvgIpc) is 2.73. The van der Waals surface area contributed by atoms with Gasteiger partial charge in [-0.2, -0.15) is 0 Å². The van der Waals surface area contributed by atoms with Crippen molar-refractivity contribution in [3.63, 3.8) is 0 Å². The molecule has 7 nitrogen and oxygen atoms in total. The van der Waals surface area contributed by atoms with Gasteiger partial charge in [0.2, 0.25) is 5.91 Å². The van der Waals surface area contributed by atoms with Gasteiger partial charge in [-0.05, 0) is 26.7 Å². The summed E-state index contributed by atoms with van der Waals surface area (Å²) in [5.74, 6) is -0.366. The van der Waals surface area contributed by atoms with E-state index in [-0.39, 0.29) is 24.2 Å². The minimum Gasteiger partial charge on any atom is -0.384 e. The molecule has 0 spiro atoms. The van der Waals surface area contributed by atoms with Crippen molar-refractivity contribution in [3.05, 3.63) is 11.9 Å². The number of hydrogen-bond donors (Lipinski definition) is 2. The molecule has 0 aliphatic heterocycles. The van der Waals surface area contributed by atoms with Gasteiger partial charge >= 0.3 is 0 Å². The molecule has 1 atom stereocenters. The van der Waals surface area contributed by atoms with E-state index in [0.29, 0.717) is 5.69 Å². The number of nitrogens with zero attached hydrogens (tertiary/aromatic N) is 3. The van der Waals surface area contributed by atoms with Crippen LogP contribution in [0, 0.1) is 5.92 Å². The van der Waals surface area contributed by atoms with Crippen LogP contribution in [0.3, 0.4) is 0 Å². The van der Waals surface area contributed by atoms with Crippen molar-refractivity contribution in [2.45, 2.75) is 52.8 Å². The minimum atomic E-state index is -1.10. The first-order valence-corrected chi connectivity index (χ1v) is 6.54. The van der Waals surface area contributed by atoms with Crippen molar-refractivity contribution < 1.29 is 14.7 Å².